The summed E-state index contributed by atoms with van der Waals surface area (Å²) in [5.41, 5.74) is 1.93. The number of hydrogen-bond acceptors (Lipinski definition) is 5. The highest BCUT2D eigenvalue weighted by Gasteiger charge is 2.19. The quantitative estimate of drug-likeness (QED) is 0.646. The molecule has 0 fully saturated rings. The lowest BCUT2D eigenvalue weighted by Crippen LogP contribution is -2.09. The van der Waals surface area contributed by atoms with Crippen molar-refractivity contribution >= 4 is 11.6 Å². The first-order valence-electron chi connectivity index (χ1n) is 8.66. The molecule has 0 amide bonds. The molecule has 3 rings (SSSR count). The van der Waals surface area contributed by atoms with E-state index in [0.717, 1.165) is 5.56 Å². The third-order valence-electron chi connectivity index (χ3n) is 3.82. The second-order valence-corrected chi connectivity index (χ2v) is 6.64. The van der Waals surface area contributed by atoms with Gasteiger partial charge in [-0.15, -0.1) is 0 Å². The topological polar surface area (TPSA) is 64.5 Å². The van der Waals surface area contributed by atoms with Gasteiger partial charge in [0.15, 0.2) is 16.7 Å². The zero-order valence-electron chi connectivity index (χ0n) is 15.2. The fourth-order valence-corrected chi connectivity index (χ4v) is 2.78. The molecule has 1 heterocycles. The summed E-state index contributed by atoms with van der Waals surface area (Å²) in [6.45, 7) is 4.28. The number of rotatable bonds is 7. The first-order valence-corrected chi connectivity index (χ1v) is 9.04. The van der Waals surface area contributed by atoms with Gasteiger partial charge >= 0.3 is 0 Å². The molecule has 27 heavy (non-hydrogen) atoms. The largest absolute Gasteiger partial charge is 0.487 e. The molecule has 0 saturated heterocycles. The van der Waals surface area contributed by atoms with Gasteiger partial charge in [-0.2, -0.15) is 0 Å². The maximum absolute atomic E-state index is 10.7. The Hall–Kier alpha value is -2.63. The average Bonchev–Trinajstić information content (AvgIpc) is 2.67. The van der Waals surface area contributed by atoms with Gasteiger partial charge in [0.1, 0.15) is 18.4 Å². The van der Waals surface area contributed by atoms with Gasteiger partial charge in [-0.05, 0) is 37.1 Å². The highest BCUT2D eigenvalue weighted by Crippen LogP contribution is 2.34. The molecule has 5 nitrogen and oxygen atoms in total. The summed E-state index contributed by atoms with van der Waals surface area (Å²) in [5.74, 6) is 1.16. The van der Waals surface area contributed by atoms with Crippen LogP contribution in [0.5, 0.6) is 11.5 Å². The van der Waals surface area contributed by atoms with Gasteiger partial charge < -0.3 is 14.6 Å². The number of hydrogen-bond donors (Lipinski definition) is 1. The van der Waals surface area contributed by atoms with Crippen LogP contribution in [-0.2, 0) is 6.61 Å². The number of halogens is 1. The normalized spacial score (nSPS) is 12.0. The smallest absolute Gasteiger partial charge is 0.162 e. The number of aromatic nitrogens is 2. The minimum Gasteiger partial charge on any atom is -0.487 e. The number of ether oxygens (including phenoxy) is 2. The number of benzene rings is 2. The lowest BCUT2D eigenvalue weighted by atomic mass is 10.1. The van der Waals surface area contributed by atoms with Crippen molar-refractivity contribution in [3.8, 4) is 11.5 Å². The van der Waals surface area contributed by atoms with E-state index >= 15 is 0 Å². The molecule has 0 aliphatic heterocycles. The van der Waals surface area contributed by atoms with Crippen molar-refractivity contribution in [3.05, 3.63) is 82.9 Å². The van der Waals surface area contributed by atoms with Crippen molar-refractivity contribution in [2.24, 2.45) is 0 Å². The lowest BCUT2D eigenvalue weighted by molar-refractivity contribution is 0.207. The van der Waals surface area contributed by atoms with Crippen molar-refractivity contribution in [1.29, 1.82) is 0 Å². The van der Waals surface area contributed by atoms with Gasteiger partial charge in [-0.25, -0.2) is 4.98 Å². The Morgan fingerprint density at radius 1 is 1.00 bits per heavy atom. The van der Waals surface area contributed by atoms with Crippen molar-refractivity contribution in [2.45, 2.75) is 32.7 Å². The van der Waals surface area contributed by atoms with Crippen molar-refractivity contribution in [3.63, 3.8) is 0 Å². The Kier molecular flexibility index (Phi) is 6.27. The molecule has 0 bridgehead atoms. The predicted octanol–water partition coefficient (Wildman–Crippen LogP) is 4.58. The summed E-state index contributed by atoms with van der Waals surface area (Å²) < 4.78 is 11.8. The van der Waals surface area contributed by atoms with Crippen LogP contribution in [0.15, 0.2) is 60.9 Å². The zero-order valence-corrected chi connectivity index (χ0v) is 15.9. The minimum atomic E-state index is -1.02. The molecule has 3 aromatic rings. The van der Waals surface area contributed by atoms with E-state index in [1.165, 1.54) is 12.4 Å². The predicted molar refractivity (Wildman–Crippen MR) is 104 cm³/mol. The van der Waals surface area contributed by atoms with E-state index in [-0.39, 0.29) is 11.3 Å². The molecule has 6 heteroatoms. The van der Waals surface area contributed by atoms with Gasteiger partial charge in [0.25, 0.3) is 0 Å². The van der Waals surface area contributed by atoms with E-state index in [9.17, 15) is 5.11 Å². The molecule has 0 saturated carbocycles. The van der Waals surface area contributed by atoms with Crippen molar-refractivity contribution < 1.29 is 14.6 Å². The molecule has 0 radical (unpaired) electrons. The van der Waals surface area contributed by atoms with Crippen LogP contribution >= 0.6 is 11.6 Å². The summed E-state index contributed by atoms with van der Waals surface area (Å²) in [4.78, 5) is 8.10. The van der Waals surface area contributed by atoms with Crippen LogP contribution < -0.4 is 9.47 Å². The van der Waals surface area contributed by atoms with Gasteiger partial charge in [0.2, 0.25) is 0 Å². The van der Waals surface area contributed by atoms with Crippen LogP contribution in [0.25, 0.3) is 0 Å². The Labute approximate surface area is 163 Å². The number of aliphatic hydroxyl groups is 1. The van der Waals surface area contributed by atoms with Crippen LogP contribution in [0.3, 0.4) is 0 Å². The van der Waals surface area contributed by atoms with E-state index in [0.29, 0.717) is 29.4 Å². The number of aliphatic hydroxyl groups excluding tert-OH is 1. The van der Waals surface area contributed by atoms with Crippen LogP contribution in [0.4, 0.5) is 0 Å². The number of nitrogens with zero attached hydrogens (tertiary/aromatic N) is 2. The summed E-state index contributed by atoms with van der Waals surface area (Å²) in [6, 6.07) is 15.1. The molecule has 1 atom stereocenters. The second-order valence-electron chi connectivity index (χ2n) is 6.28. The maximum atomic E-state index is 10.7. The van der Waals surface area contributed by atoms with Crippen molar-refractivity contribution in [2.75, 3.05) is 0 Å². The first kappa shape index (κ1) is 19.1. The zero-order chi connectivity index (χ0) is 19.2. The Morgan fingerprint density at radius 2 is 1.74 bits per heavy atom. The molecule has 1 N–H and O–H groups in total. The van der Waals surface area contributed by atoms with Crippen LogP contribution in [0.2, 0.25) is 5.15 Å². The molecular formula is C21H21ClN2O3. The fourth-order valence-electron chi connectivity index (χ4n) is 2.57. The van der Waals surface area contributed by atoms with Crippen LogP contribution in [-0.4, -0.2) is 21.2 Å². The fraction of sp³-hybridized carbons (Fsp3) is 0.238. The van der Waals surface area contributed by atoms with Crippen LogP contribution in [0.1, 0.15) is 36.8 Å². The summed E-state index contributed by atoms with van der Waals surface area (Å²) in [5, 5.41) is 10.8. The van der Waals surface area contributed by atoms with Crippen LogP contribution in [0, 0.1) is 0 Å². The highest BCUT2D eigenvalue weighted by atomic mass is 35.5. The third-order valence-corrected chi connectivity index (χ3v) is 4.11. The van der Waals surface area contributed by atoms with E-state index < -0.39 is 6.10 Å². The average molecular weight is 385 g/mol. The molecule has 0 aliphatic carbocycles. The van der Waals surface area contributed by atoms with E-state index in [2.05, 4.69) is 9.97 Å². The van der Waals surface area contributed by atoms with E-state index in [4.69, 9.17) is 21.1 Å². The second kappa shape index (κ2) is 8.84. The van der Waals surface area contributed by atoms with E-state index in [1.807, 2.05) is 44.2 Å². The summed E-state index contributed by atoms with van der Waals surface area (Å²) in [6.07, 6.45) is 1.95. The summed E-state index contributed by atoms with van der Waals surface area (Å²) >= 11 is 6.06. The Bertz CT molecular complexity index is 888. The monoisotopic (exact) mass is 384 g/mol. The SMILES string of the molecule is CC(C)Oc1ccc(C(O)c2nccnc2Cl)cc1OCc1ccccc1. The molecule has 2 aromatic carbocycles. The van der Waals surface area contributed by atoms with Crippen molar-refractivity contribution in [1.82, 2.24) is 9.97 Å². The lowest BCUT2D eigenvalue weighted by Gasteiger charge is -2.18. The van der Waals surface area contributed by atoms with E-state index in [1.54, 1.807) is 18.2 Å². The molecule has 1 unspecified atom stereocenters. The van der Waals surface area contributed by atoms with Gasteiger partial charge in [-0.1, -0.05) is 48.0 Å². The maximum Gasteiger partial charge on any atom is 0.162 e. The molecule has 0 aliphatic rings. The standard InChI is InChI=1S/C21H21ClN2O3/c1-14(2)27-17-9-8-16(20(25)19-21(22)24-11-10-23-19)12-18(17)26-13-15-6-4-3-5-7-15/h3-12,14,20,25H,13H2,1-2H3. The molecular weight excluding hydrogens is 364 g/mol. The van der Waals surface area contributed by atoms with Gasteiger partial charge in [0.05, 0.1) is 6.10 Å². The first-order chi connectivity index (χ1) is 13.0. The third kappa shape index (κ3) is 4.96. The molecule has 0 spiro atoms. The molecule has 1 aromatic heterocycles. The highest BCUT2D eigenvalue weighted by molar-refractivity contribution is 6.30. The Morgan fingerprint density at radius 3 is 2.44 bits per heavy atom. The molecule has 140 valence electrons. The van der Waals surface area contributed by atoms with Gasteiger partial charge in [0, 0.05) is 12.4 Å². The van der Waals surface area contributed by atoms with Gasteiger partial charge in [-0.3, -0.25) is 4.98 Å². The Balaban J connectivity index is 1.89. The minimum absolute atomic E-state index is 0.00529. The summed E-state index contributed by atoms with van der Waals surface area (Å²) in [7, 11) is 0.